The predicted molar refractivity (Wildman–Crippen MR) is 73.9 cm³/mol. The minimum Gasteiger partial charge on any atom is -0.338 e. The quantitative estimate of drug-likeness (QED) is 0.919. The molecule has 0 amide bonds. The third-order valence-electron chi connectivity index (χ3n) is 4.06. The molecule has 3 rings (SSSR count). The van der Waals surface area contributed by atoms with Gasteiger partial charge in [0.15, 0.2) is 0 Å². The van der Waals surface area contributed by atoms with Crippen molar-refractivity contribution in [3.63, 3.8) is 0 Å². The largest absolute Gasteiger partial charge is 0.338 e. The fourth-order valence-electron chi connectivity index (χ4n) is 2.63. The Morgan fingerprint density at radius 2 is 2.05 bits per heavy atom. The molecule has 1 fully saturated rings. The normalized spacial score (nSPS) is 20.0. The summed E-state index contributed by atoms with van der Waals surface area (Å²) in [5, 5.41) is 7.45. The lowest BCUT2D eigenvalue weighted by Crippen LogP contribution is -2.40. The number of piperidine rings is 1. The molecule has 1 saturated heterocycles. The molecule has 1 unspecified atom stereocenters. The van der Waals surface area contributed by atoms with Crippen molar-refractivity contribution in [3.05, 3.63) is 24.4 Å². The van der Waals surface area contributed by atoms with Crippen LogP contribution in [0, 0.1) is 5.92 Å². The van der Waals surface area contributed by atoms with E-state index in [4.69, 9.17) is 4.52 Å². The van der Waals surface area contributed by atoms with Crippen LogP contribution in [0.15, 0.2) is 23.0 Å². The summed E-state index contributed by atoms with van der Waals surface area (Å²) in [6.45, 7) is 6.41. The molecule has 2 aromatic rings. The zero-order valence-electron chi connectivity index (χ0n) is 11.8. The first-order valence-corrected chi connectivity index (χ1v) is 7.00. The Morgan fingerprint density at radius 1 is 1.25 bits per heavy atom. The van der Waals surface area contributed by atoms with E-state index in [9.17, 15) is 0 Å². The molecule has 0 spiro atoms. The summed E-state index contributed by atoms with van der Waals surface area (Å²) in [5.74, 6) is 2.12. The Kier molecular flexibility index (Phi) is 3.48. The van der Waals surface area contributed by atoms with Crippen molar-refractivity contribution in [2.75, 3.05) is 13.1 Å². The summed E-state index contributed by atoms with van der Waals surface area (Å²) in [4.78, 5) is 12.8. The minimum absolute atomic E-state index is 0.145. The van der Waals surface area contributed by atoms with E-state index in [1.165, 1.54) is 12.8 Å². The fraction of sp³-hybridized carbons (Fsp3) is 0.571. The van der Waals surface area contributed by atoms with E-state index in [-0.39, 0.29) is 5.41 Å². The molecule has 3 heterocycles. The minimum atomic E-state index is -0.145. The van der Waals surface area contributed by atoms with Gasteiger partial charge in [-0.3, -0.25) is 0 Å². The summed E-state index contributed by atoms with van der Waals surface area (Å²) < 4.78 is 5.47. The SMILES string of the molecule is CC(C)(c1nc(-c2ncccn2)no1)C1CCCNC1. The van der Waals surface area contributed by atoms with Crippen molar-refractivity contribution >= 4 is 0 Å². The third-order valence-corrected chi connectivity index (χ3v) is 4.06. The Bertz CT molecular complexity index is 560. The zero-order valence-corrected chi connectivity index (χ0v) is 11.8. The molecule has 106 valence electrons. The van der Waals surface area contributed by atoms with Gasteiger partial charge in [-0.15, -0.1) is 0 Å². The number of nitrogens with zero attached hydrogens (tertiary/aromatic N) is 4. The first-order chi connectivity index (χ1) is 9.68. The highest BCUT2D eigenvalue weighted by molar-refractivity contribution is 5.40. The second-order valence-corrected chi connectivity index (χ2v) is 5.76. The molecule has 6 nitrogen and oxygen atoms in total. The molecular formula is C14H19N5O. The van der Waals surface area contributed by atoms with Crippen LogP contribution in [0.1, 0.15) is 32.6 Å². The molecule has 0 radical (unpaired) electrons. The molecule has 6 heteroatoms. The van der Waals surface area contributed by atoms with E-state index < -0.39 is 0 Å². The fourth-order valence-corrected chi connectivity index (χ4v) is 2.63. The highest BCUT2D eigenvalue weighted by Crippen LogP contribution is 2.35. The topological polar surface area (TPSA) is 76.7 Å². The van der Waals surface area contributed by atoms with Gasteiger partial charge in [0, 0.05) is 17.8 Å². The summed E-state index contributed by atoms with van der Waals surface area (Å²) in [6.07, 6.45) is 5.72. The van der Waals surface area contributed by atoms with Crippen LogP contribution in [0.5, 0.6) is 0 Å². The van der Waals surface area contributed by atoms with Crippen LogP contribution >= 0.6 is 0 Å². The van der Waals surface area contributed by atoms with Crippen molar-refractivity contribution in [1.82, 2.24) is 25.4 Å². The Morgan fingerprint density at radius 3 is 2.75 bits per heavy atom. The van der Waals surface area contributed by atoms with Crippen molar-refractivity contribution in [2.24, 2.45) is 5.92 Å². The van der Waals surface area contributed by atoms with E-state index in [0.717, 1.165) is 13.1 Å². The van der Waals surface area contributed by atoms with Gasteiger partial charge in [0.1, 0.15) is 0 Å². The summed E-state index contributed by atoms with van der Waals surface area (Å²) in [6, 6.07) is 1.77. The first-order valence-electron chi connectivity index (χ1n) is 7.00. The molecule has 1 N–H and O–H groups in total. The van der Waals surface area contributed by atoms with E-state index >= 15 is 0 Å². The van der Waals surface area contributed by atoms with Gasteiger partial charge in [-0.05, 0) is 37.9 Å². The van der Waals surface area contributed by atoms with E-state index in [1.54, 1.807) is 18.5 Å². The zero-order chi connectivity index (χ0) is 14.0. The maximum Gasteiger partial charge on any atom is 0.240 e. The molecule has 0 aromatic carbocycles. The Labute approximate surface area is 118 Å². The smallest absolute Gasteiger partial charge is 0.240 e. The number of aromatic nitrogens is 4. The number of hydrogen-bond acceptors (Lipinski definition) is 6. The molecule has 0 bridgehead atoms. The van der Waals surface area contributed by atoms with Crippen LogP contribution < -0.4 is 5.32 Å². The van der Waals surface area contributed by atoms with Crippen LogP contribution in [0.25, 0.3) is 11.6 Å². The summed E-state index contributed by atoms with van der Waals surface area (Å²) in [5.41, 5.74) is -0.145. The van der Waals surface area contributed by atoms with Crippen molar-refractivity contribution in [1.29, 1.82) is 0 Å². The van der Waals surface area contributed by atoms with Gasteiger partial charge >= 0.3 is 0 Å². The highest BCUT2D eigenvalue weighted by Gasteiger charge is 2.37. The molecular weight excluding hydrogens is 254 g/mol. The lowest BCUT2D eigenvalue weighted by molar-refractivity contribution is 0.196. The maximum absolute atomic E-state index is 5.47. The Balaban J connectivity index is 1.85. The lowest BCUT2D eigenvalue weighted by atomic mass is 9.75. The third kappa shape index (κ3) is 2.43. The van der Waals surface area contributed by atoms with Crippen molar-refractivity contribution < 1.29 is 4.52 Å². The van der Waals surface area contributed by atoms with E-state index in [2.05, 4.69) is 39.3 Å². The standard InChI is InChI=1S/C14H19N5O/c1-14(2,10-5-3-6-15-9-10)13-18-12(19-20-13)11-16-7-4-8-17-11/h4,7-8,10,15H,3,5-6,9H2,1-2H3. The van der Waals surface area contributed by atoms with Crippen LogP contribution in [-0.2, 0) is 5.41 Å². The van der Waals surface area contributed by atoms with Gasteiger partial charge in [0.2, 0.25) is 17.5 Å². The number of nitrogens with one attached hydrogen (secondary N) is 1. The maximum atomic E-state index is 5.47. The second-order valence-electron chi connectivity index (χ2n) is 5.76. The molecule has 0 aliphatic carbocycles. The van der Waals surface area contributed by atoms with E-state index in [0.29, 0.717) is 23.5 Å². The van der Waals surface area contributed by atoms with Crippen molar-refractivity contribution in [2.45, 2.75) is 32.1 Å². The molecule has 20 heavy (non-hydrogen) atoms. The molecule has 1 aliphatic heterocycles. The van der Waals surface area contributed by atoms with Gasteiger partial charge in [-0.25, -0.2) is 9.97 Å². The summed E-state index contributed by atoms with van der Waals surface area (Å²) >= 11 is 0. The molecule has 1 aliphatic rings. The average Bonchev–Trinajstić information content (AvgIpc) is 3.00. The predicted octanol–water partition coefficient (Wildman–Crippen LogP) is 1.80. The van der Waals surface area contributed by atoms with Gasteiger partial charge < -0.3 is 9.84 Å². The average molecular weight is 273 g/mol. The first kappa shape index (κ1) is 13.2. The van der Waals surface area contributed by atoms with Gasteiger partial charge in [-0.2, -0.15) is 4.98 Å². The lowest BCUT2D eigenvalue weighted by Gasteiger charge is -2.34. The summed E-state index contributed by atoms with van der Waals surface area (Å²) in [7, 11) is 0. The van der Waals surface area contributed by atoms with Crippen molar-refractivity contribution in [3.8, 4) is 11.6 Å². The van der Waals surface area contributed by atoms with Gasteiger partial charge in [0.05, 0.1) is 0 Å². The molecule has 2 aromatic heterocycles. The monoisotopic (exact) mass is 273 g/mol. The molecule has 1 atom stereocenters. The number of hydrogen-bond donors (Lipinski definition) is 1. The highest BCUT2D eigenvalue weighted by atomic mass is 16.5. The van der Waals surface area contributed by atoms with E-state index in [1.807, 2.05) is 0 Å². The Hall–Kier alpha value is -1.82. The van der Waals surface area contributed by atoms with Gasteiger partial charge in [0.25, 0.3) is 0 Å². The number of rotatable bonds is 3. The van der Waals surface area contributed by atoms with Crippen LogP contribution in [0.2, 0.25) is 0 Å². The molecule has 0 saturated carbocycles. The second kappa shape index (κ2) is 5.28. The van der Waals surface area contributed by atoms with Crippen LogP contribution in [0.4, 0.5) is 0 Å². The van der Waals surface area contributed by atoms with Crippen LogP contribution in [0.3, 0.4) is 0 Å². The van der Waals surface area contributed by atoms with Gasteiger partial charge in [-0.1, -0.05) is 19.0 Å². The van der Waals surface area contributed by atoms with Crippen LogP contribution in [-0.4, -0.2) is 33.2 Å².